The van der Waals surface area contributed by atoms with Crippen LogP contribution in [-0.4, -0.2) is 4.98 Å². The summed E-state index contributed by atoms with van der Waals surface area (Å²) in [7, 11) is -0.877. The van der Waals surface area contributed by atoms with Crippen LogP contribution in [0.15, 0.2) is 128 Å². The van der Waals surface area contributed by atoms with E-state index in [4.69, 9.17) is 0 Å². The number of aromatic nitrogens is 1. The van der Waals surface area contributed by atoms with Gasteiger partial charge in [-0.1, -0.05) is 78.4 Å². The molecule has 0 amide bonds. The van der Waals surface area contributed by atoms with Crippen molar-refractivity contribution in [2.24, 2.45) is 0 Å². The van der Waals surface area contributed by atoms with Gasteiger partial charge in [0, 0.05) is 37.9 Å². The van der Waals surface area contributed by atoms with Gasteiger partial charge in [-0.3, -0.25) is 8.78 Å². The van der Waals surface area contributed by atoms with Crippen molar-refractivity contribution in [2.75, 3.05) is 0 Å². The van der Waals surface area contributed by atoms with Crippen molar-refractivity contribution < 1.29 is 28.9 Å². The molecule has 35 heavy (non-hydrogen) atoms. The van der Waals surface area contributed by atoms with Gasteiger partial charge in [0.15, 0.2) is 0 Å². The predicted octanol–water partition coefficient (Wildman–Crippen LogP) is 6.45. The number of halogens is 2. The quantitative estimate of drug-likeness (QED) is 0.160. The summed E-state index contributed by atoms with van der Waals surface area (Å²) in [6.45, 7) is 0. The molecule has 0 unspecified atom stereocenters. The maximum Gasteiger partial charge on any atom is 0.102 e. The van der Waals surface area contributed by atoms with Crippen molar-refractivity contribution in [1.82, 2.24) is 4.98 Å². The molecule has 4 aromatic carbocycles. The maximum atomic E-state index is 13.2. The molecule has 0 atom stereocenters. The fourth-order valence-electron chi connectivity index (χ4n) is 3.47. The van der Waals surface area contributed by atoms with Crippen LogP contribution in [0.2, 0.25) is 0 Å². The minimum absolute atomic E-state index is 0. The largest absolute Gasteiger partial charge is 0.358 e. The van der Waals surface area contributed by atoms with Gasteiger partial charge in [-0.05, 0) is 48.2 Å². The molecule has 5 heteroatoms. The Balaban J connectivity index is 0.000000243. The van der Waals surface area contributed by atoms with E-state index in [1.54, 1.807) is 24.4 Å². The van der Waals surface area contributed by atoms with E-state index in [2.05, 4.69) is 102 Å². The van der Waals surface area contributed by atoms with Crippen LogP contribution in [0.4, 0.5) is 8.78 Å². The van der Waals surface area contributed by atoms with Crippen LogP contribution in [0, 0.1) is 25.1 Å². The summed E-state index contributed by atoms with van der Waals surface area (Å²) in [5.74, 6) is -1.29. The first-order valence-electron chi connectivity index (χ1n) is 10.5. The van der Waals surface area contributed by atoms with E-state index in [9.17, 15) is 8.78 Å². The Morgan fingerprint density at radius 3 is 1.49 bits per heavy atom. The summed E-state index contributed by atoms with van der Waals surface area (Å²) in [6.07, 6.45) is 1.55. The normalized spacial score (nSPS) is 9.80. The van der Waals surface area contributed by atoms with Gasteiger partial charge in [0.2, 0.25) is 0 Å². The summed E-state index contributed by atoms with van der Waals surface area (Å²) in [5.41, 5.74) is 0.636. The molecule has 0 saturated heterocycles. The zero-order valence-electron chi connectivity index (χ0n) is 19.2. The minimum Gasteiger partial charge on any atom is -0.358 e. The number of rotatable bonds is 4. The molecule has 0 saturated carbocycles. The Kier molecular flexibility index (Phi) is 11.6. The second-order valence-electron chi connectivity index (χ2n) is 7.23. The average Bonchev–Trinajstić information content (AvgIpc) is 2.87. The number of hydrogen-bond acceptors (Lipinski definition) is 1. The minimum atomic E-state index is -0.877. The SMILES string of the molecule is Fc1c[c-]c(-c2ccccn2)c(F)c1.[CH3-].[Ir].c1ccc([PH+](c2ccccc2)c2ccccc2)cc1. The standard InChI is InChI=1S/C18H15P.C11H6F2N.CH3.Ir/c1-4-10-16(11-5-1)19(17-12-6-2-7-13-17)18-14-8-3-9-15-18;12-8-4-5-9(10(13)7-8)11-3-1-2-6-14-11;;/h1-15H;1-4,6-7H;1H3;/q;2*-1;/p+1. The Morgan fingerprint density at radius 1 is 0.629 bits per heavy atom. The van der Waals surface area contributed by atoms with E-state index in [1.165, 1.54) is 15.9 Å². The number of nitrogens with zero attached hydrogens (tertiary/aromatic N) is 1. The molecular weight excluding hydrogens is 636 g/mol. The Morgan fingerprint density at radius 2 is 1.09 bits per heavy atom. The summed E-state index contributed by atoms with van der Waals surface area (Å²) < 4.78 is 25.8. The first kappa shape index (κ1) is 28.2. The summed E-state index contributed by atoms with van der Waals surface area (Å²) in [5, 5.41) is 4.31. The van der Waals surface area contributed by atoms with Gasteiger partial charge in [0.05, 0.1) is 7.92 Å². The van der Waals surface area contributed by atoms with Crippen molar-refractivity contribution in [3.63, 3.8) is 0 Å². The van der Waals surface area contributed by atoms with Gasteiger partial charge in [0.25, 0.3) is 0 Å². The van der Waals surface area contributed by atoms with Crippen molar-refractivity contribution in [3.8, 4) is 11.3 Å². The molecule has 1 radical (unpaired) electrons. The van der Waals surface area contributed by atoms with Gasteiger partial charge in [-0.25, -0.2) is 0 Å². The molecular formula is C30H25F2IrNP-. The van der Waals surface area contributed by atoms with Gasteiger partial charge >= 0.3 is 0 Å². The molecule has 179 valence electrons. The Labute approximate surface area is 221 Å². The molecule has 0 bridgehead atoms. The van der Waals surface area contributed by atoms with Crippen molar-refractivity contribution in [1.29, 1.82) is 0 Å². The Hall–Kier alpha value is -3.03. The van der Waals surface area contributed by atoms with E-state index in [-0.39, 0.29) is 33.1 Å². The summed E-state index contributed by atoms with van der Waals surface area (Å²) in [6, 6.07) is 42.0. The maximum absolute atomic E-state index is 13.2. The topological polar surface area (TPSA) is 12.9 Å². The zero-order chi connectivity index (χ0) is 22.9. The van der Waals surface area contributed by atoms with Crippen LogP contribution >= 0.6 is 7.92 Å². The second-order valence-corrected chi connectivity index (χ2v) is 9.71. The van der Waals surface area contributed by atoms with Crippen molar-refractivity contribution in [2.45, 2.75) is 0 Å². The first-order valence-corrected chi connectivity index (χ1v) is 12.0. The van der Waals surface area contributed by atoms with Gasteiger partial charge in [-0.2, -0.15) is 0 Å². The molecule has 0 spiro atoms. The first-order chi connectivity index (χ1) is 16.2. The van der Waals surface area contributed by atoms with Crippen LogP contribution in [0.5, 0.6) is 0 Å². The van der Waals surface area contributed by atoms with E-state index in [1.807, 2.05) is 0 Å². The predicted molar refractivity (Wildman–Crippen MR) is 141 cm³/mol. The summed E-state index contributed by atoms with van der Waals surface area (Å²) >= 11 is 0. The van der Waals surface area contributed by atoms with Crippen LogP contribution in [-0.2, 0) is 20.1 Å². The zero-order valence-corrected chi connectivity index (χ0v) is 22.6. The summed E-state index contributed by atoms with van der Waals surface area (Å²) in [4.78, 5) is 3.95. The third-order valence-corrected chi connectivity index (χ3v) is 7.70. The molecule has 0 fully saturated rings. The van der Waals surface area contributed by atoms with Crippen molar-refractivity contribution >= 4 is 23.8 Å². The van der Waals surface area contributed by atoms with Crippen LogP contribution < -0.4 is 15.9 Å². The molecule has 1 nitrogen and oxygen atoms in total. The average molecular weight is 661 g/mol. The van der Waals surface area contributed by atoms with Crippen molar-refractivity contribution in [3.05, 3.63) is 153 Å². The van der Waals surface area contributed by atoms with E-state index < -0.39 is 19.6 Å². The van der Waals surface area contributed by atoms with Crippen LogP contribution in [0.25, 0.3) is 11.3 Å². The molecule has 0 aliphatic rings. The smallest absolute Gasteiger partial charge is 0.102 e. The number of benzene rings is 4. The Bertz CT molecular complexity index is 1180. The number of hydrogen-bond donors (Lipinski definition) is 0. The molecule has 5 rings (SSSR count). The van der Waals surface area contributed by atoms with Crippen LogP contribution in [0.1, 0.15) is 0 Å². The fourth-order valence-corrected chi connectivity index (χ4v) is 6.04. The molecule has 0 aliphatic carbocycles. The molecule has 0 aliphatic heterocycles. The van der Waals surface area contributed by atoms with E-state index in [0.29, 0.717) is 5.69 Å². The third kappa shape index (κ3) is 7.73. The fraction of sp³-hybridized carbons (Fsp3) is 0. The van der Waals surface area contributed by atoms with E-state index >= 15 is 0 Å². The number of pyridine rings is 1. The monoisotopic (exact) mass is 661 g/mol. The van der Waals surface area contributed by atoms with Gasteiger partial charge < -0.3 is 12.4 Å². The van der Waals surface area contributed by atoms with E-state index in [0.717, 1.165) is 12.1 Å². The van der Waals surface area contributed by atoms with Gasteiger partial charge in [-0.15, -0.1) is 12.1 Å². The molecule has 0 N–H and O–H groups in total. The molecule has 1 heterocycles. The molecule has 1 aromatic heterocycles. The third-order valence-electron chi connectivity index (χ3n) is 4.97. The second kappa shape index (κ2) is 14.4. The van der Waals surface area contributed by atoms with Gasteiger partial charge in [0.1, 0.15) is 15.9 Å². The van der Waals surface area contributed by atoms with Crippen LogP contribution in [0.3, 0.4) is 0 Å². The molecule has 5 aromatic rings.